The van der Waals surface area contributed by atoms with Crippen LogP contribution in [0, 0.1) is 6.92 Å². The molecule has 0 saturated carbocycles. The number of fused-ring (bicyclic) bond motifs is 1. The zero-order valence-electron chi connectivity index (χ0n) is 13.3. The molecule has 1 aliphatic heterocycles. The smallest absolute Gasteiger partial charge is 0.265 e. The standard InChI is InChI=1S/C16H21N3O4/c1-11-3-4-14-13(9-11)19(16(22)10-23-14)8-5-15(21)18-7-6-17-12(2)20/h3-4,9H,5-8,10H2,1-2H3,(H,17,20)(H,18,21). The summed E-state index contributed by atoms with van der Waals surface area (Å²) >= 11 is 0. The number of benzene rings is 1. The number of rotatable bonds is 6. The van der Waals surface area contributed by atoms with Crippen molar-refractivity contribution in [2.45, 2.75) is 20.3 Å². The molecule has 0 bridgehead atoms. The molecule has 1 aromatic carbocycles. The van der Waals surface area contributed by atoms with Crippen LogP contribution in [0.4, 0.5) is 5.69 Å². The van der Waals surface area contributed by atoms with Crippen LogP contribution in [0.2, 0.25) is 0 Å². The van der Waals surface area contributed by atoms with Gasteiger partial charge in [0, 0.05) is 33.0 Å². The summed E-state index contributed by atoms with van der Waals surface area (Å²) in [6, 6.07) is 5.63. The Morgan fingerprint density at radius 2 is 2.00 bits per heavy atom. The van der Waals surface area contributed by atoms with Gasteiger partial charge in [-0.15, -0.1) is 0 Å². The van der Waals surface area contributed by atoms with Crippen molar-refractivity contribution in [1.29, 1.82) is 0 Å². The molecule has 1 heterocycles. The van der Waals surface area contributed by atoms with Gasteiger partial charge in [0.1, 0.15) is 5.75 Å². The summed E-state index contributed by atoms with van der Waals surface area (Å²) in [5, 5.41) is 5.30. The minimum atomic E-state index is -0.163. The lowest BCUT2D eigenvalue weighted by Gasteiger charge is -2.29. The van der Waals surface area contributed by atoms with E-state index in [4.69, 9.17) is 4.74 Å². The second-order valence-corrected chi connectivity index (χ2v) is 5.39. The van der Waals surface area contributed by atoms with Crippen LogP contribution in [0.25, 0.3) is 0 Å². The summed E-state index contributed by atoms with van der Waals surface area (Å²) in [6.07, 6.45) is 0.194. The third-order valence-corrected chi connectivity index (χ3v) is 3.44. The van der Waals surface area contributed by atoms with Crippen molar-refractivity contribution in [2.75, 3.05) is 31.1 Å². The van der Waals surface area contributed by atoms with E-state index in [1.165, 1.54) is 6.92 Å². The molecule has 1 aromatic rings. The zero-order chi connectivity index (χ0) is 16.8. The Hall–Kier alpha value is -2.57. The Morgan fingerprint density at radius 3 is 2.74 bits per heavy atom. The molecule has 1 aliphatic rings. The van der Waals surface area contributed by atoms with Gasteiger partial charge >= 0.3 is 0 Å². The number of carbonyl (C=O) groups is 3. The highest BCUT2D eigenvalue weighted by molar-refractivity contribution is 5.98. The van der Waals surface area contributed by atoms with E-state index in [2.05, 4.69) is 10.6 Å². The number of aryl methyl sites for hydroxylation is 1. The fraction of sp³-hybridized carbons (Fsp3) is 0.438. The molecule has 0 unspecified atom stereocenters. The fourth-order valence-electron chi connectivity index (χ4n) is 2.30. The normalized spacial score (nSPS) is 13.1. The van der Waals surface area contributed by atoms with E-state index in [0.29, 0.717) is 31.1 Å². The Morgan fingerprint density at radius 1 is 1.26 bits per heavy atom. The number of hydrogen-bond acceptors (Lipinski definition) is 4. The molecular weight excluding hydrogens is 298 g/mol. The summed E-state index contributed by atoms with van der Waals surface area (Å²) in [5.74, 6) is 0.199. The van der Waals surface area contributed by atoms with Crippen LogP contribution in [0.1, 0.15) is 18.9 Å². The van der Waals surface area contributed by atoms with E-state index in [-0.39, 0.29) is 30.7 Å². The molecule has 7 nitrogen and oxygen atoms in total. The molecule has 124 valence electrons. The lowest BCUT2D eigenvalue weighted by atomic mass is 10.1. The first-order valence-corrected chi connectivity index (χ1v) is 7.52. The predicted molar refractivity (Wildman–Crippen MR) is 85.3 cm³/mol. The number of amides is 3. The van der Waals surface area contributed by atoms with Crippen molar-refractivity contribution >= 4 is 23.4 Å². The van der Waals surface area contributed by atoms with Gasteiger partial charge in [0.05, 0.1) is 5.69 Å². The molecular formula is C16H21N3O4. The van der Waals surface area contributed by atoms with Crippen LogP contribution in [0.5, 0.6) is 5.75 Å². The molecule has 0 fully saturated rings. The Labute approximate surface area is 135 Å². The maximum absolute atomic E-state index is 12.0. The fourth-order valence-corrected chi connectivity index (χ4v) is 2.30. The van der Waals surface area contributed by atoms with Gasteiger partial charge in [0.15, 0.2) is 6.61 Å². The van der Waals surface area contributed by atoms with Crippen LogP contribution >= 0.6 is 0 Å². The van der Waals surface area contributed by atoms with Crippen LogP contribution in [-0.2, 0) is 14.4 Å². The second-order valence-electron chi connectivity index (χ2n) is 5.39. The van der Waals surface area contributed by atoms with Gasteiger partial charge in [-0.3, -0.25) is 14.4 Å². The summed E-state index contributed by atoms with van der Waals surface area (Å²) in [5.41, 5.74) is 1.72. The van der Waals surface area contributed by atoms with Gasteiger partial charge in [-0.1, -0.05) is 6.07 Å². The van der Waals surface area contributed by atoms with Crippen LogP contribution in [-0.4, -0.2) is 44.0 Å². The number of ether oxygens (including phenoxy) is 1. The largest absolute Gasteiger partial charge is 0.482 e. The Kier molecular flexibility index (Phi) is 5.56. The van der Waals surface area contributed by atoms with E-state index in [1.807, 2.05) is 25.1 Å². The maximum Gasteiger partial charge on any atom is 0.265 e. The molecule has 0 spiro atoms. The van der Waals surface area contributed by atoms with Gasteiger partial charge in [0.25, 0.3) is 5.91 Å². The highest BCUT2D eigenvalue weighted by Gasteiger charge is 2.25. The molecule has 2 rings (SSSR count). The topological polar surface area (TPSA) is 87.7 Å². The molecule has 2 N–H and O–H groups in total. The third-order valence-electron chi connectivity index (χ3n) is 3.44. The van der Waals surface area contributed by atoms with Crippen molar-refractivity contribution in [3.8, 4) is 5.75 Å². The average Bonchev–Trinajstić information content (AvgIpc) is 2.50. The van der Waals surface area contributed by atoms with Crippen LogP contribution in [0.15, 0.2) is 18.2 Å². The summed E-state index contributed by atoms with van der Waals surface area (Å²) in [6.45, 7) is 4.40. The number of nitrogens with one attached hydrogen (secondary N) is 2. The van der Waals surface area contributed by atoms with Crippen LogP contribution in [0.3, 0.4) is 0 Å². The highest BCUT2D eigenvalue weighted by Crippen LogP contribution is 2.32. The first-order valence-electron chi connectivity index (χ1n) is 7.52. The number of anilines is 1. The minimum absolute atomic E-state index is 0.0137. The number of hydrogen-bond donors (Lipinski definition) is 2. The Balaban J connectivity index is 1.88. The van der Waals surface area contributed by atoms with Gasteiger partial charge in [-0.05, 0) is 24.6 Å². The van der Waals surface area contributed by atoms with E-state index in [9.17, 15) is 14.4 Å². The maximum atomic E-state index is 12.0. The summed E-state index contributed by atoms with van der Waals surface area (Å²) in [4.78, 5) is 36.2. The van der Waals surface area contributed by atoms with E-state index < -0.39 is 0 Å². The number of nitrogens with zero attached hydrogens (tertiary/aromatic N) is 1. The van der Waals surface area contributed by atoms with Gasteiger partial charge in [-0.25, -0.2) is 0 Å². The molecule has 0 radical (unpaired) electrons. The first-order chi connectivity index (χ1) is 11.0. The lowest BCUT2D eigenvalue weighted by molar-refractivity contribution is -0.123. The van der Waals surface area contributed by atoms with E-state index in [0.717, 1.165) is 5.56 Å². The zero-order valence-corrected chi connectivity index (χ0v) is 13.3. The van der Waals surface area contributed by atoms with E-state index >= 15 is 0 Å². The third kappa shape index (κ3) is 4.70. The number of carbonyl (C=O) groups excluding carboxylic acids is 3. The summed E-state index contributed by atoms with van der Waals surface area (Å²) < 4.78 is 5.40. The Bertz CT molecular complexity index is 615. The predicted octanol–water partition coefficient (Wildman–Crippen LogP) is 0.363. The SMILES string of the molecule is CC(=O)NCCNC(=O)CCN1C(=O)COc2ccc(C)cc21. The van der Waals surface area contributed by atoms with Gasteiger partial charge in [0.2, 0.25) is 11.8 Å². The van der Waals surface area contributed by atoms with Gasteiger partial charge in [-0.2, -0.15) is 0 Å². The van der Waals surface area contributed by atoms with Crippen molar-refractivity contribution in [2.24, 2.45) is 0 Å². The lowest BCUT2D eigenvalue weighted by Crippen LogP contribution is -2.41. The van der Waals surface area contributed by atoms with Gasteiger partial charge < -0.3 is 20.3 Å². The average molecular weight is 319 g/mol. The summed E-state index contributed by atoms with van der Waals surface area (Å²) in [7, 11) is 0. The molecule has 3 amide bonds. The quantitative estimate of drug-likeness (QED) is 0.741. The van der Waals surface area contributed by atoms with Crippen LogP contribution < -0.4 is 20.3 Å². The van der Waals surface area contributed by atoms with Crippen molar-refractivity contribution in [1.82, 2.24) is 10.6 Å². The highest BCUT2D eigenvalue weighted by atomic mass is 16.5. The molecule has 0 saturated heterocycles. The van der Waals surface area contributed by atoms with Crippen molar-refractivity contribution in [3.63, 3.8) is 0 Å². The molecule has 0 atom stereocenters. The molecule has 0 aliphatic carbocycles. The van der Waals surface area contributed by atoms with Crippen molar-refractivity contribution in [3.05, 3.63) is 23.8 Å². The molecule has 7 heteroatoms. The monoisotopic (exact) mass is 319 g/mol. The van der Waals surface area contributed by atoms with Crippen molar-refractivity contribution < 1.29 is 19.1 Å². The molecule has 0 aromatic heterocycles. The van der Waals surface area contributed by atoms with E-state index in [1.54, 1.807) is 4.90 Å². The molecule has 23 heavy (non-hydrogen) atoms. The first kappa shape index (κ1) is 16.8. The second kappa shape index (κ2) is 7.62. The minimum Gasteiger partial charge on any atom is -0.482 e.